The highest BCUT2D eigenvalue weighted by Gasteiger charge is 2.15. The molecule has 0 atom stereocenters. The molecule has 7 heteroatoms. The monoisotopic (exact) mass is 423 g/mol. The van der Waals surface area contributed by atoms with E-state index in [9.17, 15) is 13.6 Å². The number of nitrogens with one attached hydrogen (secondary N) is 1. The first kappa shape index (κ1) is 20.1. The van der Waals surface area contributed by atoms with Gasteiger partial charge in [0.25, 0.3) is 0 Å². The fourth-order valence-corrected chi connectivity index (χ4v) is 4.00. The van der Waals surface area contributed by atoms with Crippen molar-refractivity contribution >= 4 is 34.4 Å². The molecule has 4 rings (SSSR count). The van der Waals surface area contributed by atoms with Crippen molar-refractivity contribution in [2.45, 2.75) is 18.6 Å². The van der Waals surface area contributed by atoms with E-state index in [-0.39, 0.29) is 11.4 Å². The van der Waals surface area contributed by atoms with Crippen LogP contribution in [0, 0.1) is 18.6 Å². The molecule has 0 spiro atoms. The third-order valence-corrected chi connectivity index (χ3v) is 5.72. The molecule has 0 saturated heterocycles. The predicted molar refractivity (Wildman–Crippen MR) is 116 cm³/mol. The number of hydrogen-bond acceptors (Lipinski definition) is 3. The average Bonchev–Trinajstić information content (AvgIpc) is 3.08. The maximum absolute atomic E-state index is 13.8. The number of thioether (sulfide) groups is 1. The number of aromatic nitrogens is 2. The lowest BCUT2D eigenvalue weighted by molar-refractivity contribution is -0.113. The van der Waals surface area contributed by atoms with Gasteiger partial charge in [0.15, 0.2) is 5.16 Å². The van der Waals surface area contributed by atoms with Crippen molar-refractivity contribution in [2.75, 3.05) is 11.1 Å². The molecule has 0 unspecified atom stereocenters. The molecule has 0 bridgehead atoms. The Bertz CT molecular complexity index is 1220. The van der Waals surface area contributed by atoms with E-state index in [1.807, 2.05) is 36.4 Å². The van der Waals surface area contributed by atoms with Crippen LogP contribution in [-0.2, 0) is 11.3 Å². The van der Waals surface area contributed by atoms with Gasteiger partial charge in [0.1, 0.15) is 11.6 Å². The summed E-state index contributed by atoms with van der Waals surface area (Å²) in [5, 5.41) is 3.11. The number of halogens is 2. The van der Waals surface area contributed by atoms with Crippen molar-refractivity contribution in [2.24, 2.45) is 0 Å². The van der Waals surface area contributed by atoms with Gasteiger partial charge < -0.3 is 9.88 Å². The van der Waals surface area contributed by atoms with Gasteiger partial charge >= 0.3 is 0 Å². The van der Waals surface area contributed by atoms with Gasteiger partial charge in [0.05, 0.1) is 29.0 Å². The van der Waals surface area contributed by atoms with Crippen LogP contribution in [0.5, 0.6) is 0 Å². The topological polar surface area (TPSA) is 46.9 Å². The minimum Gasteiger partial charge on any atom is -0.323 e. The van der Waals surface area contributed by atoms with E-state index in [0.29, 0.717) is 11.7 Å². The molecule has 1 N–H and O–H groups in total. The van der Waals surface area contributed by atoms with Crippen LogP contribution in [0.4, 0.5) is 14.5 Å². The molecule has 0 aliphatic heterocycles. The summed E-state index contributed by atoms with van der Waals surface area (Å²) in [5.41, 5.74) is 3.97. The van der Waals surface area contributed by atoms with Gasteiger partial charge in [-0.05, 0) is 42.3 Å². The van der Waals surface area contributed by atoms with Crippen LogP contribution in [0.1, 0.15) is 11.1 Å². The van der Waals surface area contributed by atoms with Gasteiger partial charge in [-0.15, -0.1) is 0 Å². The van der Waals surface area contributed by atoms with Crippen LogP contribution in [0.3, 0.4) is 0 Å². The molecular weight excluding hydrogens is 404 g/mol. The van der Waals surface area contributed by atoms with E-state index >= 15 is 0 Å². The number of imidazole rings is 1. The number of anilines is 1. The maximum Gasteiger partial charge on any atom is 0.234 e. The van der Waals surface area contributed by atoms with E-state index in [1.54, 1.807) is 0 Å². The molecule has 0 aliphatic carbocycles. The number of hydrogen-bond donors (Lipinski definition) is 1. The zero-order valence-electron chi connectivity index (χ0n) is 16.2. The molecule has 0 saturated carbocycles. The molecule has 4 aromatic rings. The molecule has 4 nitrogen and oxygen atoms in total. The number of carbonyl (C=O) groups is 1. The fraction of sp³-hybridized carbons (Fsp3) is 0.130. The van der Waals surface area contributed by atoms with Crippen LogP contribution in [0.2, 0.25) is 0 Å². The number of amides is 1. The van der Waals surface area contributed by atoms with Gasteiger partial charge in [-0.25, -0.2) is 13.8 Å². The number of benzene rings is 3. The number of aryl methyl sites for hydroxylation is 1. The highest BCUT2D eigenvalue weighted by molar-refractivity contribution is 7.99. The van der Waals surface area contributed by atoms with Crippen molar-refractivity contribution in [3.63, 3.8) is 0 Å². The van der Waals surface area contributed by atoms with E-state index in [4.69, 9.17) is 0 Å². The lowest BCUT2D eigenvalue weighted by Crippen LogP contribution is -2.16. The molecule has 152 valence electrons. The van der Waals surface area contributed by atoms with Crippen LogP contribution in [0.25, 0.3) is 11.0 Å². The number of fused-ring (bicyclic) bond motifs is 1. The third-order valence-electron chi connectivity index (χ3n) is 4.74. The number of carbonyl (C=O) groups excluding carboxylic acids is 1. The van der Waals surface area contributed by atoms with Crippen molar-refractivity contribution < 1.29 is 13.6 Å². The zero-order valence-corrected chi connectivity index (χ0v) is 17.0. The molecular formula is C23H19F2N3OS. The average molecular weight is 423 g/mol. The van der Waals surface area contributed by atoms with Crippen molar-refractivity contribution in [1.82, 2.24) is 9.55 Å². The van der Waals surface area contributed by atoms with Gasteiger partial charge in [0, 0.05) is 6.07 Å². The number of rotatable bonds is 6. The summed E-state index contributed by atoms with van der Waals surface area (Å²) < 4.78 is 29.2. The zero-order chi connectivity index (χ0) is 21.1. The molecule has 0 aliphatic rings. The first-order valence-electron chi connectivity index (χ1n) is 9.39. The standard InChI is InChI=1S/C23H19F2N3OS/c1-15-6-2-3-7-16(15)13-28-21-9-5-4-8-19(21)27-23(28)30-14-22(29)26-20-12-17(24)10-11-18(20)25/h2-12H,13-14H2,1H3,(H,26,29). The molecule has 30 heavy (non-hydrogen) atoms. The van der Waals surface area contributed by atoms with Crippen LogP contribution >= 0.6 is 11.8 Å². The second kappa shape index (κ2) is 8.67. The summed E-state index contributed by atoms with van der Waals surface area (Å²) in [7, 11) is 0. The Balaban J connectivity index is 1.56. The Morgan fingerprint density at radius 3 is 2.67 bits per heavy atom. The van der Waals surface area contributed by atoms with Gasteiger partial charge in [-0.2, -0.15) is 0 Å². The summed E-state index contributed by atoms with van der Waals surface area (Å²) in [6.07, 6.45) is 0. The summed E-state index contributed by atoms with van der Waals surface area (Å²) in [6.45, 7) is 2.68. The summed E-state index contributed by atoms with van der Waals surface area (Å²) in [6, 6.07) is 18.9. The molecule has 0 fully saturated rings. The third kappa shape index (κ3) is 4.36. The van der Waals surface area contributed by atoms with Gasteiger partial charge in [-0.1, -0.05) is 48.2 Å². The predicted octanol–water partition coefficient (Wildman–Crippen LogP) is 5.40. The lowest BCUT2D eigenvalue weighted by atomic mass is 10.1. The summed E-state index contributed by atoms with van der Waals surface area (Å²) in [4.78, 5) is 17.0. The van der Waals surface area contributed by atoms with E-state index in [2.05, 4.69) is 33.9 Å². The Labute approximate surface area is 176 Å². The van der Waals surface area contributed by atoms with Crippen molar-refractivity contribution in [3.05, 3.63) is 89.5 Å². The fourth-order valence-electron chi connectivity index (χ4n) is 3.18. The van der Waals surface area contributed by atoms with Crippen LogP contribution < -0.4 is 5.32 Å². The normalized spacial score (nSPS) is 11.0. The van der Waals surface area contributed by atoms with Crippen LogP contribution in [0.15, 0.2) is 71.9 Å². The summed E-state index contributed by atoms with van der Waals surface area (Å²) in [5.74, 6) is -1.70. The van der Waals surface area contributed by atoms with Crippen LogP contribution in [-0.4, -0.2) is 21.2 Å². The summed E-state index contributed by atoms with van der Waals surface area (Å²) >= 11 is 1.26. The Morgan fingerprint density at radius 2 is 1.83 bits per heavy atom. The lowest BCUT2D eigenvalue weighted by Gasteiger charge is -2.11. The minimum atomic E-state index is -0.679. The highest BCUT2D eigenvalue weighted by Crippen LogP contribution is 2.26. The Morgan fingerprint density at radius 1 is 1.07 bits per heavy atom. The van der Waals surface area contributed by atoms with Crippen molar-refractivity contribution in [3.8, 4) is 0 Å². The molecule has 1 amide bonds. The van der Waals surface area contributed by atoms with E-state index in [1.165, 1.54) is 17.3 Å². The Hall–Kier alpha value is -3.19. The maximum atomic E-state index is 13.8. The van der Waals surface area contributed by atoms with E-state index < -0.39 is 17.5 Å². The second-order valence-corrected chi connectivity index (χ2v) is 7.80. The van der Waals surface area contributed by atoms with E-state index in [0.717, 1.165) is 34.8 Å². The number of nitrogens with zero attached hydrogens (tertiary/aromatic N) is 2. The SMILES string of the molecule is Cc1ccccc1Cn1c(SCC(=O)Nc2cc(F)ccc2F)nc2ccccc21. The highest BCUT2D eigenvalue weighted by atomic mass is 32.2. The van der Waals surface area contributed by atoms with Gasteiger partial charge in [0.2, 0.25) is 5.91 Å². The number of para-hydroxylation sites is 2. The largest absolute Gasteiger partial charge is 0.323 e. The van der Waals surface area contributed by atoms with Gasteiger partial charge in [-0.3, -0.25) is 4.79 Å². The smallest absolute Gasteiger partial charge is 0.234 e. The van der Waals surface area contributed by atoms with Crippen molar-refractivity contribution in [1.29, 1.82) is 0 Å². The quantitative estimate of drug-likeness (QED) is 0.422. The molecule has 3 aromatic carbocycles. The second-order valence-electron chi connectivity index (χ2n) is 6.86. The first-order valence-corrected chi connectivity index (χ1v) is 10.4. The minimum absolute atomic E-state index is 0.0209. The molecule has 0 radical (unpaired) electrons. The first-order chi connectivity index (χ1) is 14.5. The molecule has 1 heterocycles. The molecule has 1 aromatic heterocycles. The Kier molecular flexibility index (Phi) is 5.81.